The van der Waals surface area contributed by atoms with Crippen molar-refractivity contribution in [1.29, 1.82) is 0 Å². The molecule has 4 aliphatic heterocycles. The molecule has 0 bridgehead atoms. The van der Waals surface area contributed by atoms with Crippen molar-refractivity contribution < 1.29 is 81.2 Å². The van der Waals surface area contributed by atoms with Crippen LogP contribution >= 0.6 is 0 Å². The number of carbonyl (C=O) groups excluding carboxylic acids is 12. The molecule has 4 rings (SSSR count). The first-order chi connectivity index (χ1) is 35.1. The molecule has 0 aromatic heterocycles. The maximum Gasteiger partial charge on any atom is 0.256 e. The summed E-state index contributed by atoms with van der Waals surface area (Å²) in [7, 11) is 0. The summed E-state index contributed by atoms with van der Waals surface area (Å²) in [4.78, 5) is 146. The molecule has 0 aliphatic carbocycles. The predicted octanol–water partition coefficient (Wildman–Crippen LogP) is 1.05. The first kappa shape index (κ1) is 73.3. The third kappa shape index (κ3) is 25.6. The molecule has 3 atom stereocenters. The van der Waals surface area contributed by atoms with E-state index in [1.54, 1.807) is 13.8 Å². The smallest absolute Gasteiger partial charge is 0.256 e. The number of rotatable bonds is 33. The number of hydrogen-bond donors (Lipinski definition) is 4. The monoisotopic (exact) mass is 1110 g/mol. The number of carbonyl (C=O) groups is 12. The summed E-state index contributed by atoms with van der Waals surface area (Å²) in [6.07, 6.45) is -0.177. The molecule has 0 saturated carbocycles. The fourth-order valence-electron chi connectivity index (χ4n) is 7.17. The highest BCUT2D eigenvalue weighted by atomic mass is 16.5. The Morgan fingerprint density at radius 3 is 1.01 bits per heavy atom. The van der Waals surface area contributed by atoms with E-state index in [2.05, 4.69) is 47.6 Å². The molecule has 4 aliphatic rings. The number of hydrogen-bond acceptors (Lipinski definition) is 17. The van der Waals surface area contributed by atoms with Crippen molar-refractivity contribution in [3.63, 3.8) is 0 Å². The minimum atomic E-state index is -0.428. The van der Waals surface area contributed by atoms with Gasteiger partial charge in [-0.3, -0.25) is 77.1 Å². The van der Waals surface area contributed by atoms with Gasteiger partial charge in [-0.05, 0) is 20.8 Å². The lowest BCUT2D eigenvalue weighted by atomic mass is 10.3. The lowest BCUT2D eigenvalue weighted by molar-refractivity contribution is -0.140. The quantitative estimate of drug-likeness (QED) is 0.0406. The molecule has 4 saturated heterocycles. The van der Waals surface area contributed by atoms with Crippen LogP contribution in [0.1, 0.15) is 102 Å². The highest BCUT2D eigenvalue weighted by Gasteiger charge is 2.35. The predicted molar refractivity (Wildman–Crippen MR) is 287 cm³/mol. The summed E-state index contributed by atoms with van der Waals surface area (Å²) in [6, 6.07) is -0.534. The van der Waals surface area contributed by atoms with Crippen LogP contribution in [0.2, 0.25) is 0 Å². The van der Waals surface area contributed by atoms with Crippen molar-refractivity contribution in [2.24, 2.45) is 0 Å². The molecule has 0 radical (unpaired) electrons. The van der Waals surface area contributed by atoms with Crippen LogP contribution in [0.25, 0.3) is 0 Å². The van der Waals surface area contributed by atoms with E-state index in [1.165, 1.54) is 0 Å². The molecule has 78 heavy (non-hydrogen) atoms. The maximum absolute atomic E-state index is 12.1. The van der Waals surface area contributed by atoms with Gasteiger partial charge in [-0.1, -0.05) is 56.0 Å². The Balaban J connectivity index is 0. The average Bonchev–Trinajstić information content (AvgIpc) is 3.94. The summed E-state index contributed by atoms with van der Waals surface area (Å²) in [6.45, 7) is 22.8. The number of ether oxygens (including phenoxy) is 5. The van der Waals surface area contributed by atoms with E-state index in [1.807, 2.05) is 6.92 Å². The molecule has 25 nitrogen and oxygen atoms in total. The molecule has 3 unspecified atom stereocenters. The van der Waals surface area contributed by atoms with E-state index < -0.39 is 23.6 Å². The zero-order chi connectivity index (χ0) is 54.9. The Morgan fingerprint density at radius 2 is 0.705 bits per heavy atom. The van der Waals surface area contributed by atoms with Crippen molar-refractivity contribution >= 4 is 70.9 Å². The molecule has 0 aromatic rings. The fraction of sp³-hybridized carbons (Fsp3) is 0.623. The standard InChI is InChI=1S/C27H40N4O9.C22H30N4O8.4CH4/c1-17-12-24(34)30(26(17)36)8-6-22(32)28-19(3)14-38-10-11-39-16-21(5)40-15-20(4)29-23(33)7-9-31-25(35)13-18(2)27(31)37;1-15-13-19(29)25(21(15)31)7-3-17(27)23-5-9-33-11-12-34-10-6-24-18(28)4-8-26-20(30)14-16(2)22(26)32;;;;/h19-21H,1-2,6-16H2,3-5H3,(H,28,32)(H,29,33);1-14H2,(H,23,27)(H,24,28);4*1H4. The van der Waals surface area contributed by atoms with Gasteiger partial charge in [-0.15, -0.1) is 0 Å². The summed E-state index contributed by atoms with van der Waals surface area (Å²) in [5.74, 6) is -4.23. The molecule has 0 spiro atoms. The van der Waals surface area contributed by atoms with Crippen molar-refractivity contribution in [3.8, 4) is 0 Å². The minimum Gasteiger partial charge on any atom is -0.377 e. The molecule has 4 heterocycles. The molecule has 25 heteroatoms. The van der Waals surface area contributed by atoms with Crippen LogP contribution in [0.15, 0.2) is 48.6 Å². The van der Waals surface area contributed by atoms with Crippen LogP contribution in [0.5, 0.6) is 0 Å². The van der Waals surface area contributed by atoms with Crippen LogP contribution < -0.4 is 21.3 Å². The Morgan fingerprint density at radius 1 is 0.423 bits per heavy atom. The van der Waals surface area contributed by atoms with E-state index in [4.69, 9.17) is 23.7 Å². The first-order valence-corrected chi connectivity index (χ1v) is 24.2. The van der Waals surface area contributed by atoms with Crippen molar-refractivity contribution in [3.05, 3.63) is 48.6 Å². The summed E-state index contributed by atoms with van der Waals surface area (Å²) < 4.78 is 27.4. The largest absolute Gasteiger partial charge is 0.377 e. The third-order valence-corrected chi connectivity index (χ3v) is 11.2. The van der Waals surface area contributed by atoms with Crippen molar-refractivity contribution in [2.45, 2.75) is 120 Å². The number of imide groups is 4. The van der Waals surface area contributed by atoms with E-state index in [0.29, 0.717) is 33.0 Å². The molecule has 12 amide bonds. The van der Waals surface area contributed by atoms with Gasteiger partial charge in [-0.25, -0.2) is 0 Å². The van der Waals surface area contributed by atoms with E-state index in [0.717, 1.165) is 19.6 Å². The van der Waals surface area contributed by atoms with Gasteiger partial charge < -0.3 is 45.0 Å². The molecular formula is C53H86N8O17. The lowest BCUT2D eigenvalue weighted by Gasteiger charge is -2.19. The second-order valence-electron chi connectivity index (χ2n) is 17.7. The van der Waals surface area contributed by atoms with Crippen LogP contribution in [-0.4, -0.2) is 207 Å². The lowest BCUT2D eigenvalue weighted by Crippen LogP contribution is -2.40. The zero-order valence-electron chi connectivity index (χ0n) is 42.6. The Kier molecular flexibility index (Phi) is 35.6. The summed E-state index contributed by atoms with van der Waals surface area (Å²) in [5, 5.41) is 10.8. The zero-order valence-corrected chi connectivity index (χ0v) is 42.6. The van der Waals surface area contributed by atoms with Gasteiger partial charge in [0.15, 0.2) is 0 Å². The van der Waals surface area contributed by atoms with Crippen LogP contribution in [0.3, 0.4) is 0 Å². The highest BCUT2D eigenvalue weighted by Crippen LogP contribution is 2.19. The average molecular weight is 1110 g/mol. The van der Waals surface area contributed by atoms with E-state index in [-0.39, 0.29) is 235 Å². The van der Waals surface area contributed by atoms with Crippen LogP contribution in [0.4, 0.5) is 0 Å². The topological polar surface area (TPSA) is 312 Å². The van der Waals surface area contributed by atoms with Gasteiger partial charge in [0, 0.05) is 99.3 Å². The Bertz CT molecular complexity index is 2110. The Labute approximate surface area is 459 Å². The van der Waals surface area contributed by atoms with Gasteiger partial charge in [-0.2, -0.15) is 0 Å². The number of likely N-dealkylation sites (tertiary alicyclic amines) is 4. The highest BCUT2D eigenvalue weighted by molar-refractivity contribution is 6.15. The van der Waals surface area contributed by atoms with Crippen LogP contribution in [0, 0.1) is 0 Å². The van der Waals surface area contributed by atoms with Crippen molar-refractivity contribution in [1.82, 2.24) is 40.9 Å². The SMILES string of the molecule is C.C.C.C.C=C1CC(=O)N(CCC(=O)NC(C)COCCOCC(C)OCC(C)NC(=O)CCN2C(=O)CC(=C)C2=O)C1=O.C=C1CC(=O)N(CCC(=O)NCCOCCOCCNC(=O)CCN2C(=O)CC(=C)C2=O)C1=O. The number of amides is 12. The van der Waals surface area contributed by atoms with Crippen LogP contribution in [-0.2, 0) is 81.2 Å². The molecule has 4 N–H and O–H groups in total. The van der Waals surface area contributed by atoms with Gasteiger partial charge in [0.25, 0.3) is 23.6 Å². The number of nitrogens with zero attached hydrogens (tertiary/aromatic N) is 4. The minimum absolute atomic E-state index is 0. The first-order valence-electron chi connectivity index (χ1n) is 24.2. The maximum atomic E-state index is 12.1. The van der Waals surface area contributed by atoms with Gasteiger partial charge in [0.2, 0.25) is 47.3 Å². The normalized spacial score (nSPS) is 16.2. The second kappa shape index (κ2) is 37.9. The molecule has 4 fully saturated rings. The van der Waals surface area contributed by atoms with E-state index in [9.17, 15) is 57.5 Å². The third-order valence-electron chi connectivity index (χ3n) is 11.2. The fourth-order valence-corrected chi connectivity index (χ4v) is 7.17. The van der Waals surface area contributed by atoms with Gasteiger partial charge >= 0.3 is 0 Å². The second-order valence-corrected chi connectivity index (χ2v) is 17.7. The van der Waals surface area contributed by atoms with Gasteiger partial charge in [0.05, 0.1) is 91.2 Å². The summed E-state index contributed by atoms with van der Waals surface area (Å²) in [5.41, 5.74) is 0.960. The number of nitrogens with one attached hydrogen (secondary N) is 4. The summed E-state index contributed by atoms with van der Waals surface area (Å²) >= 11 is 0. The molecule has 0 aromatic carbocycles. The van der Waals surface area contributed by atoms with Crippen molar-refractivity contribution in [2.75, 3.05) is 98.7 Å². The Hall–Kier alpha value is -6.80. The molecular weight excluding hydrogens is 1020 g/mol. The van der Waals surface area contributed by atoms with Gasteiger partial charge in [0.1, 0.15) is 0 Å². The van der Waals surface area contributed by atoms with E-state index >= 15 is 0 Å². The molecule has 440 valence electrons.